The molecule has 1 aromatic heterocycles. The second-order valence-corrected chi connectivity index (χ2v) is 4.62. The van der Waals surface area contributed by atoms with Crippen molar-refractivity contribution in [3.8, 4) is 6.07 Å². The molecular formula is C17H16N2O. The standard InChI is InChI=1S/C17H16N2O/c18-13-15(16-10-4-5-12-19-16)17(20)11-6-9-14-7-2-1-3-8-14/h1-5,7-8,10,12,15H,6,9,11H2/t15-/m0/s1. The van der Waals surface area contributed by atoms with Crippen molar-refractivity contribution >= 4 is 5.78 Å². The summed E-state index contributed by atoms with van der Waals surface area (Å²) in [7, 11) is 0. The number of hydrogen-bond donors (Lipinski definition) is 0. The first kappa shape index (κ1) is 14.0. The van der Waals surface area contributed by atoms with Gasteiger partial charge < -0.3 is 0 Å². The molecule has 1 atom stereocenters. The fourth-order valence-electron chi connectivity index (χ4n) is 2.11. The minimum atomic E-state index is -0.744. The lowest BCUT2D eigenvalue weighted by atomic mass is 9.96. The molecule has 0 spiro atoms. The molecule has 2 rings (SSSR count). The van der Waals surface area contributed by atoms with E-state index in [1.807, 2.05) is 30.3 Å². The van der Waals surface area contributed by atoms with E-state index in [9.17, 15) is 4.79 Å². The van der Waals surface area contributed by atoms with Crippen LogP contribution in [-0.2, 0) is 11.2 Å². The fraction of sp³-hybridized carbons (Fsp3) is 0.235. The molecule has 1 heterocycles. The predicted octanol–water partition coefficient (Wildman–Crippen LogP) is 3.28. The Hall–Kier alpha value is -2.47. The maximum atomic E-state index is 12.1. The zero-order valence-corrected chi connectivity index (χ0v) is 11.2. The van der Waals surface area contributed by atoms with Gasteiger partial charge in [-0.25, -0.2) is 0 Å². The molecule has 0 bridgehead atoms. The SMILES string of the molecule is N#C[C@H](C(=O)CCCc1ccccc1)c1ccccn1. The number of pyridine rings is 1. The first-order valence-corrected chi connectivity index (χ1v) is 6.68. The van der Waals surface area contributed by atoms with Gasteiger partial charge in [-0.3, -0.25) is 9.78 Å². The number of carbonyl (C=O) groups excluding carboxylic acids is 1. The highest BCUT2D eigenvalue weighted by Gasteiger charge is 2.20. The van der Waals surface area contributed by atoms with E-state index in [-0.39, 0.29) is 5.78 Å². The zero-order chi connectivity index (χ0) is 14.2. The lowest BCUT2D eigenvalue weighted by molar-refractivity contribution is -0.119. The van der Waals surface area contributed by atoms with Gasteiger partial charge in [0.05, 0.1) is 11.8 Å². The summed E-state index contributed by atoms with van der Waals surface area (Å²) in [5.74, 6) is -0.797. The van der Waals surface area contributed by atoms with Gasteiger partial charge in [0.1, 0.15) is 5.92 Å². The minimum absolute atomic E-state index is 0.0536. The van der Waals surface area contributed by atoms with Gasteiger partial charge in [0, 0.05) is 12.6 Å². The number of hydrogen-bond acceptors (Lipinski definition) is 3. The Labute approximate surface area is 118 Å². The summed E-state index contributed by atoms with van der Waals surface area (Å²) < 4.78 is 0. The normalized spacial score (nSPS) is 11.6. The Morgan fingerprint density at radius 3 is 2.55 bits per heavy atom. The summed E-state index contributed by atoms with van der Waals surface area (Å²) in [5, 5.41) is 9.16. The molecule has 0 saturated heterocycles. The van der Waals surface area contributed by atoms with E-state index < -0.39 is 5.92 Å². The average Bonchev–Trinajstić information content (AvgIpc) is 2.50. The molecular weight excluding hydrogens is 248 g/mol. The highest BCUT2D eigenvalue weighted by Crippen LogP contribution is 2.16. The fourth-order valence-corrected chi connectivity index (χ4v) is 2.11. The van der Waals surface area contributed by atoms with Crippen molar-refractivity contribution in [2.45, 2.75) is 25.2 Å². The lowest BCUT2D eigenvalue weighted by Crippen LogP contribution is -2.12. The van der Waals surface area contributed by atoms with E-state index in [0.717, 1.165) is 12.8 Å². The smallest absolute Gasteiger partial charge is 0.156 e. The second kappa shape index (κ2) is 7.20. The van der Waals surface area contributed by atoms with Crippen molar-refractivity contribution in [1.29, 1.82) is 5.26 Å². The van der Waals surface area contributed by atoms with Crippen LogP contribution in [0.3, 0.4) is 0 Å². The topological polar surface area (TPSA) is 53.8 Å². The van der Waals surface area contributed by atoms with E-state index in [2.05, 4.69) is 11.1 Å². The molecule has 20 heavy (non-hydrogen) atoms. The molecule has 0 aliphatic rings. The van der Waals surface area contributed by atoms with Crippen LogP contribution in [0.4, 0.5) is 0 Å². The monoisotopic (exact) mass is 264 g/mol. The lowest BCUT2D eigenvalue weighted by Gasteiger charge is -2.07. The molecule has 0 amide bonds. The third kappa shape index (κ3) is 3.76. The van der Waals surface area contributed by atoms with E-state index in [1.54, 1.807) is 24.4 Å². The average molecular weight is 264 g/mol. The van der Waals surface area contributed by atoms with Gasteiger partial charge in [0.15, 0.2) is 5.78 Å². The molecule has 0 fully saturated rings. The number of aromatic nitrogens is 1. The van der Waals surface area contributed by atoms with Crippen LogP contribution in [0.1, 0.15) is 30.0 Å². The molecule has 100 valence electrons. The van der Waals surface area contributed by atoms with Gasteiger partial charge in [0.2, 0.25) is 0 Å². The van der Waals surface area contributed by atoms with Gasteiger partial charge in [-0.2, -0.15) is 5.26 Å². The van der Waals surface area contributed by atoms with Crippen molar-refractivity contribution in [3.05, 3.63) is 66.0 Å². The number of rotatable bonds is 6. The number of Topliss-reactive ketones (excluding diaryl/α,β-unsaturated/α-hetero) is 1. The van der Waals surface area contributed by atoms with Crippen LogP contribution in [0.2, 0.25) is 0 Å². The van der Waals surface area contributed by atoms with Crippen molar-refractivity contribution < 1.29 is 4.79 Å². The van der Waals surface area contributed by atoms with Crippen LogP contribution in [0.25, 0.3) is 0 Å². The van der Waals surface area contributed by atoms with Crippen molar-refractivity contribution in [1.82, 2.24) is 4.98 Å². The van der Waals surface area contributed by atoms with E-state index >= 15 is 0 Å². The maximum absolute atomic E-state index is 12.1. The van der Waals surface area contributed by atoms with Crippen LogP contribution >= 0.6 is 0 Å². The number of carbonyl (C=O) groups is 1. The van der Waals surface area contributed by atoms with E-state index in [0.29, 0.717) is 12.1 Å². The Bertz CT molecular complexity index is 587. The van der Waals surface area contributed by atoms with Crippen molar-refractivity contribution in [2.75, 3.05) is 0 Å². The summed E-state index contributed by atoms with van der Waals surface area (Å²) in [6.07, 6.45) is 3.63. The predicted molar refractivity (Wildman–Crippen MR) is 77.0 cm³/mol. The van der Waals surface area contributed by atoms with Crippen LogP contribution in [0, 0.1) is 11.3 Å². The molecule has 0 radical (unpaired) electrons. The minimum Gasteiger partial charge on any atom is -0.298 e. The first-order chi connectivity index (χ1) is 9.81. The summed E-state index contributed by atoms with van der Waals surface area (Å²) in [6.45, 7) is 0. The summed E-state index contributed by atoms with van der Waals surface area (Å²) in [6, 6.07) is 17.4. The molecule has 0 unspecified atom stereocenters. The van der Waals surface area contributed by atoms with E-state index in [1.165, 1.54) is 5.56 Å². The molecule has 3 nitrogen and oxygen atoms in total. The summed E-state index contributed by atoms with van der Waals surface area (Å²) >= 11 is 0. The van der Waals surface area contributed by atoms with Gasteiger partial charge in [0.25, 0.3) is 0 Å². The molecule has 0 aliphatic heterocycles. The molecule has 0 aliphatic carbocycles. The van der Waals surface area contributed by atoms with Crippen molar-refractivity contribution in [3.63, 3.8) is 0 Å². The largest absolute Gasteiger partial charge is 0.298 e. The quantitative estimate of drug-likeness (QED) is 0.804. The molecule has 0 N–H and O–H groups in total. The summed E-state index contributed by atoms with van der Waals surface area (Å²) in [4.78, 5) is 16.2. The van der Waals surface area contributed by atoms with Crippen LogP contribution < -0.4 is 0 Å². The van der Waals surface area contributed by atoms with Crippen LogP contribution in [0.15, 0.2) is 54.7 Å². The van der Waals surface area contributed by atoms with E-state index in [4.69, 9.17) is 5.26 Å². The second-order valence-electron chi connectivity index (χ2n) is 4.62. The number of benzene rings is 1. The van der Waals surface area contributed by atoms with Gasteiger partial charge in [-0.15, -0.1) is 0 Å². The third-order valence-electron chi connectivity index (χ3n) is 3.17. The number of nitriles is 1. The van der Waals surface area contributed by atoms with Crippen LogP contribution in [0.5, 0.6) is 0 Å². The van der Waals surface area contributed by atoms with Gasteiger partial charge in [-0.1, -0.05) is 36.4 Å². The zero-order valence-electron chi connectivity index (χ0n) is 11.2. The molecule has 3 heteroatoms. The molecule has 1 aromatic carbocycles. The Balaban J connectivity index is 1.89. The van der Waals surface area contributed by atoms with Gasteiger partial charge >= 0.3 is 0 Å². The Morgan fingerprint density at radius 1 is 1.15 bits per heavy atom. The Kier molecular flexibility index (Phi) is 5.02. The molecule has 0 saturated carbocycles. The number of aryl methyl sites for hydroxylation is 1. The molecule has 2 aromatic rings. The number of ketones is 1. The summed E-state index contributed by atoms with van der Waals surface area (Å²) in [5.41, 5.74) is 1.76. The Morgan fingerprint density at radius 2 is 1.90 bits per heavy atom. The maximum Gasteiger partial charge on any atom is 0.156 e. The highest BCUT2D eigenvalue weighted by molar-refractivity contribution is 5.87. The van der Waals surface area contributed by atoms with Gasteiger partial charge in [-0.05, 0) is 30.5 Å². The number of nitrogens with zero attached hydrogens (tertiary/aromatic N) is 2. The first-order valence-electron chi connectivity index (χ1n) is 6.68. The van der Waals surface area contributed by atoms with Crippen LogP contribution in [-0.4, -0.2) is 10.8 Å². The highest BCUT2D eigenvalue weighted by atomic mass is 16.1. The third-order valence-corrected chi connectivity index (χ3v) is 3.17. The van der Waals surface area contributed by atoms with Crippen molar-refractivity contribution in [2.24, 2.45) is 0 Å².